The summed E-state index contributed by atoms with van der Waals surface area (Å²) in [5.74, 6) is 1.19. The zero-order valence-electron chi connectivity index (χ0n) is 21.5. The molecule has 1 fully saturated rings. The lowest BCUT2D eigenvalue weighted by molar-refractivity contribution is 0.133. The van der Waals surface area contributed by atoms with E-state index in [-0.39, 0.29) is 17.5 Å². The molecule has 36 heavy (non-hydrogen) atoms. The van der Waals surface area contributed by atoms with Crippen LogP contribution in [0.5, 0.6) is 0 Å². The van der Waals surface area contributed by atoms with Crippen LogP contribution in [0.3, 0.4) is 0 Å². The summed E-state index contributed by atoms with van der Waals surface area (Å²) < 4.78 is 2.07. The molecule has 2 aromatic carbocycles. The van der Waals surface area contributed by atoms with Gasteiger partial charge in [0.1, 0.15) is 0 Å². The molecule has 1 unspecified atom stereocenters. The number of aryl methyl sites for hydroxylation is 1. The van der Waals surface area contributed by atoms with Gasteiger partial charge < -0.3 is 4.98 Å². The Morgan fingerprint density at radius 3 is 2.61 bits per heavy atom. The molecule has 2 heterocycles. The summed E-state index contributed by atoms with van der Waals surface area (Å²) >= 11 is 0. The Bertz CT molecular complexity index is 1350. The Morgan fingerprint density at radius 2 is 1.86 bits per heavy atom. The standard InChI is InChI=1S/C29H36N6O/c1-20(2)27(28-31-32-33-35(28)25-11-7-8-12-25)34(16-15-22-9-5-4-6-10-22)19-24-18-23-14-13-21(3)17-26(23)30-29(24)36/h4-6,9-10,13-14,17-18,20,25,27H,7-8,11-12,15-16,19H2,1-3H3,(H,30,36). The minimum absolute atomic E-state index is 0.00238. The first-order valence-corrected chi connectivity index (χ1v) is 13.2. The maximum absolute atomic E-state index is 13.2. The molecule has 0 aliphatic heterocycles. The minimum Gasteiger partial charge on any atom is -0.322 e. The molecule has 7 heteroatoms. The summed E-state index contributed by atoms with van der Waals surface area (Å²) in [5, 5.41) is 14.2. The average molecular weight is 485 g/mol. The topological polar surface area (TPSA) is 79.7 Å². The summed E-state index contributed by atoms with van der Waals surface area (Å²) in [4.78, 5) is 18.7. The third kappa shape index (κ3) is 5.26. The van der Waals surface area contributed by atoms with Gasteiger partial charge in [0.2, 0.25) is 0 Å². The summed E-state index contributed by atoms with van der Waals surface area (Å²) in [6.07, 6.45) is 5.58. The summed E-state index contributed by atoms with van der Waals surface area (Å²) in [6.45, 7) is 7.82. The van der Waals surface area contributed by atoms with E-state index in [9.17, 15) is 4.79 Å². The zero-order chi connectivity index (χ0) is 25.1. The molecule has 1 aliphatic carbocycles. The van der Waals surface area contributed by atoms with Gasteiger partial charge in [-0.3, -0.25) is 9.69 Å². The number of aromatic nitrogens is 5. The highest BCUT2D eigenvalue weighted by Gasteiger charge is 2.32. The van der Waals surface area contributed by atoms with Crippen molar-refractivity contribution in [2.45, 2.75) is 71.5 Å². The normalized spacial score (nSPS) is 15.4. The number of aromatic amines is 1. The molecular formula is C29H36N6O. The highest BCUT2D eigenvalue weighted by Crippen LogP contribution is 2.34. The Hall–Kier alpha value is -3.32. The molecule has 188 valence electrons. The second-order valence-corrected chi connectivity index (χ2v) is 10.5. The van der Waals surface area contributed by atoms with E-state index in [1.165, 1.54) is 18.4 Å². The van der Waals surface area contributed by atoms with Gasteiger partial charge in [-0.25, -0.2) is 4.68 Å². The molecule has 1 N–H and O–H groups in total. The smallest absolute Gasteiger partial charge is 0.252 e. The SMILES string of the molecule is Cc1ccc2cc(CN(CCc3ccccc3)C(c3nnnn3C3CCCC3)C(C)C)c(=O)[nH]c2c1. The van der Waals surface area contributed by atoms with Crippen molar-refractivity contribution in [3.05, 3.63) is 87.5 Å². The second-order valence-electron chi connectivity index (χ2n) is 10.5. The fraction of sp³-hybridized carbons (Fsp3) is 0.448. The van der Waals surface area contributed by atoms with Crippen LogP contribution in [0.4, 0.5) is 0 Å². The molecule has 4 aromatic rings. The monoisotopic (exact) mass is 484 g/mol. The lowest BCUT2D eigenvalue weighted by atomic mass is 9.99. The minimum atomic E-state index is -0.0318. The van der Waals surface area contributed by atoms with Crippen LogP contribution in [0, 0.1) is 12.8 Å². The summed E-state index contributed by atoms with van der Waals surface area (Å²) in [5.41, 5.74) is 4.03. The molecule has 7 nitrogen and oxygen atoms in total. The largest absolute Gasteiger partial charge is 0.322 e. The van der Waals surface area contributed by atoms with Crippen molar-refractivity contribution in [1.82, 2.24) is 30.1 Å². The predicted molar refractivity (Wildman–Crippen MR) is 143 cm³/mol. The number of fused-ring (bicyclic) bond motifs is 1. The van der Waals surface area contributed by atoms with Gasteiger partial charge in [-0.1, -0.05) is 69.2 Å². The second kappa shape index (κ2) is 10.7. The van der Waals surface area contributed by atoms with Crippen LogP contribution in [-0.2, 0) is 13.0 Å². The van der Waals surface area contributed by atoms with Crippen molar-refractivity contribution >= 4 is 10.9 Å². The van der Waals surface area contributed by atoms with E-state index >= 15 is 0 Å². The van der Waals surface area contributed by atoms with Gasteiger partial charge >= 0.3 is 0 Å². The lowest BCUT2D eigenvalue weighted by Gasteiger charge is -2.34. The number of H-pyrrole nitrogens is 1. The van der Waals surface area contributed by atoms with Crippen LogP contribution in [-0.4, -0.2) is 36.6 Å². The van der Waals surface area contributed by atoms with E-state index in [0.29, 0.717) is 12.6 Å². The van der Waals surface area contributed by atoms with Crippen molar-refractivity contribution in [3.63, 3.8) is 0 Å². The summed E-state index contributed by atoms with van der Waals surface area (Å²) in [7, 11) is 0. The number of nitrogens with one attached hydrogen (secondary N) is 1. The third-order valence-electron chi connectivity index (χ3n) is 7.46. The van der Waals surface area contributed by atoms with E-state index in [4.69, 9.17) is 0 Å². The molecule has 2 aromatic heterocycles. The highest BCUT2D eigenvalue weighted by molar-refractivity contribution is 5.79. The van der Waals surface area contributed by atoms with Crippen LogP contribution < -0.4 is 5.56 Å². The third-order valence-corrected chi connectivity index (χ3v) is 7.46. The van der Waals surface area contributed by atoms with E-state index in [2.05, 4.69) is 80.3 Å². The number of nitrogens with zero attached hydrogens (tertiary/aromatic N) is 5. The van der Waals surface area contributed by atoms with E-state index in [1.807, 2.05) is 25.1 Å². The average Bonchev–Trinajstić information content (AvgIpc) is 3.56. The Labute approximate surface area is 212 Å². The lowest BCUT2D eigenvalue weighted by Crippen LogP contribution is -2.37. The number of benzene rings is 2. The van der Waals surface area contributed by atoms with Crippen molar-refractivity contribution < 1.29 is 0 Å². The maximum Gasteiger partial charge on any atom is 0.252 e. The van der Waals surface area contributed by atoms with Gasteiger partial charge in [0.15, 0.2) is 5.82 Å². The van der Waals surface area contributed by atoms with Gasteiger partial charge in [0.05, 0.1) is 12.1 Å². The van der Waals surface area contributed by atoms with Crippen LogP contribution >= 0.6 is 0 Å². The predicted octanol–water partition coefficient (Wildman–Crippen LogP) is 5.38. The molecule has 1 saturated carbocycles. The molecule has 1 atom stereocenters. The first kappa shape index (κ1) is 24.4. The van der Waals surface area contributed by atoms with Crippen LogP contribution in [0.2, 0.25) is 0 Å². The number of rotatable bonds is 9. The number of tetrazole rings is 1. The van der Waals surface area contributed by atoms with E-state index < -0.39 is 0 Å². The first-order valence-electron chi connectivity index (χ1n) is 13.2. The molecule has 0 spiro atoms. The first-order chi connectivity index (χ1) is 17.5. The molecule has 1 aliphatic rings. The molecule has 0 amide bonds. The summed E-state index contributed by atoms with van der Waals surface area (Å²) in [6, 6.07) is 19.1. The molecule has 0 saturated heterocycles. The van der Waals surface area contributed by atoms with Gasteiger partial charge in [-0.2, -0.15) is 0 Å². The molecule has 5 rings (SSSR count). The van der Waals surface area contributed by atoms with Gasteiger partial charge in [0, 0.05) is 24.2 Å². The van der Waals surface area contributed by atoms with Crippen molar-refractivity contribution in [2.24, 2.45) is 5.92 Å². The molecule has 0 bridgehead atoms. The Kier molecular flexibility index (Phi) is 7.28. The zero-order valence-corrected chi connectivity index (χ0v) is 21.5. The van der Waals surface area contributed by atoms with Crippen LogP contribution in [0.25, 0.3) is 10.9 Å². The number of hydrogen-bond acceptors (Lipinski definition) is 5. The number of pyridine rings is 1. The Balaban J connectivity index is 1.51. The van der Waals surface area contributed by atoms with Crippen LogP contribution in [0.15, 0.2) is 59.4 Å². The van der Waals surface area contributed by atoms with Crippen LogP contribution in [0.1, 0.15) is 74.1 Å². The number of hydrogen-bond donors (Lipinski definition) is 1. The van der Waals surface area contributed by atoms with Crippen molar-refractivity contribution in [2.75, 3.05) is 6.54 Å². The van der Waals surface area contributed by atoms with E-state index in [1.54, 1.807) is 0 Å². The Morgan fingerprint density at radius 1 is 1.08 bits per heavy atom. The fourth-order valence-electron chi connectivity index (χ4n) is 5.62. The van der Waals surface area contributed by atoms with Gasteiger partial charge in [-0.05, 0) is 71.2 Å². The highest BCUT2D eigenvalue weighted by atomic mass is 16.1. The van der Waals surface area contributed by atoms with Crippen molar-refractivity contribution in [1.29, 1.82) is 0 Å². The fourth-order valence-corrected chi connectivity index (χ4v) is 5.62. The quantitative estimate of drug-likeness (QED) is 0.345. The van der Waals surface area contributed by atoms with Crippen molar-refractivity contribution in [3.8, 4) is 0 Å². The molecule has 0 radical (unpaired) electrons. The van der Waals surface area contributed by atoms with Gasteiger partial charge in [-0.15, -0.1) is 5.10 Å². The van der Waals surface area contributed by atoms with E-state index in [0.717, 1.165) is 53.7 Å². The maximum atomic E-state index is 13.2. The van der Waals surface area contributed by atoms with Gasteiger partial charge in [0.25, 0.3) is 5.56 Å². The molecular weight excluding hydrogens is 448 g/mol.